The van der Waals surface area contributed by atoms with Crippen LogP contribution in [-0.4, -0.2) is 77.2 Å². The molecule has 40 heavy (non-hydrogen) atoms. The Morgan fingerprint density at radius 2 is 1.82 bits per heavy atom. The van der Waals surface area contributed by atoms with Crippen LogP contribution in [0.3, 0.4) is 0 Å². The zero-order chi connectivity index (χ0) is 29.7. The molecule has 4 atom stereocenters. The molecule has 1 saturated carbocycles. The van der Waals surface area contributed by atoms with Crippen molar-refractivity contribution in [1.29, 1.82) is 0 Å². The first kappa shape index (κ1) is 31.6. The number of sulfonamides is 1. The molecule has 0 spiro atoms. The van der Waals surface area contributed by atoms with E-state index in [1.54, 1.807) is 6.07 Å². The minimum absolute atomic E-state index is 0.0811. The molecule has 1 heterocycles. The van der Waals surface area contributed by atoms with Gasteiger partial charge in [0.25, 0.3) is 5.91 Å². The van der Waals surface area contributed by atoms with E-state index < -0.39 is 47.4 Å². The van der Waals surface area contributed by atoms with Crippen molar-refractivity contribution in [2.24, 2.45) is 17.6 Å². The van der Waals surface area contributed by atoms with E-state index in [1.165, 1.54) is 20.0 Å². The number of nitrogens with zero attached hydrogens (tertiary/aromatic N) is 3. The fraction of sp³-hybridized carbons (Fsp3) is 0.556. The Balaban J connectivity index is 1.89. The smallest absolute Gasteiger partial charge is 0.370 e. The number of nitrogens with one attached hydrogen (secondary N) is 1. The van der Waals surface area contributed by atoms with Crippen molar-refractivity contribution < 1.29 is 31.1 Å². The highest BCUT2D eigenvalue weighted by molar-refractivity contribution is 7.92. The molecule has 2 unspecified atom stereocenters. The predicted molar refractivity (Wildman–Crippen MR) is 149 cm³/mol. The standard InChI is InChI=1S/C27H38F3N5O4S/c1-5-40(37,38)35(4)25-14-20(13-24(33-25)34(3)15-21-11-18(21)2)26(36)32-23(12-19-9-7-6-8-10-19)22(31)16-39-17-27(28,29)30/h6-10,13-14,18,21-23H,5,11-12,15-17,31H2,1-4H3,(H,32,36)/t18?,21?,22-,23-/m0/s1. The fourth-order valence-corrected chi connectivity index (χ4v) is 5.05. The average Bonchev–Trinajstić information content (AvgIpc) is 3.60. The number of carbonyl (C=O) groups excluding carboxylic acids is 1. The molecule has 9 nitrogen and oxygen atoms in total. The van der Waals surface area contributed by atoms with Crippen LogP contribution in [-0.2, 0) is 21.2 Å². The topological polar surface area (TPSA) is 118 Å². The van der Waals surface area contributed by atoms with Crippen LogP contribution in [0.2, 0.25) is 0 Å². The number of nitrogens with two attached hydrogens (primary N) is 1. The molecule has 1 amide bonds. The number of pyridine rings is 1. The van der Waals surface area contributed by atoms with Gasteiger partial charge in [-0.2, -0.15) is 13.2 Å². The third kappa shape index (κ3) is 9.07. The minimum Gasteiger partial charge on any atom is -0.370 e. The molecule has 3 N–H and O–H groups in total. The van der Waals surface area contributed by atoms with E-state index in [9.17, 15) is 26.4 Å². The van der Waals surface area contributed by atoms with Gasteiger partial charge < -0.3 is 20.7 Å². The molecule has 0 saturated heterocycles. The molecule has 0 radical (unpaired) electrons. The summed E-state index contributed by atoms with van der Waals surface area (Å²) < 4.78 is 68.8. The molecular weight excluding hydrogens is 547 g/mol. The number of halogens is 3. The summed E-state index contributed by atoms with van der Waals surface area (Å²) in [5.74, 6) is 0.854. The summed E-state index contributed by atoms with van der Waals surface area (Å²) in [7, 11) is -0.454. The van der Waals surface area contributed by atoms with Gasteiger partial charge in [-0.1, -0.05) is 37.3 Å². The molecule has 3 rings (SSSR count). The summed E-state index contributed by atoms with van der Waals surface area (Å²) in [5.41, 5.74) is 7.18. The van der Waals surface area contributed by atoms with Crippen molar-refractivity contribution in [2.75, 3.05) is 48.8 Å². The quantitative estimate of drug-likeness (QED) is 0.350. The first-order chi connectivity index (χ1) is 18.7. The highest BCUT2D eigenvalue weighted by Crippen LogP contribution is 2.38. The van der Waals surface area contributed by atoms with E-state index in [2.05, 4.69) is 17.2 Å². The SMILES string of the molecule is CCS(=O)(=O)N(C)c1cc(C(=O)N[C@@H](Cc2ccccc2)[C@@H](N)COCC(F)(F)F)cc(N(C)CC2CC2C)n1. The third-order valence-corrected chi connectivity index (χ3v) is 8.80. The van der Waals surface area contributed by atoms with Crippen LogP contribution < -0.4 is 20.3 Å². The number of carbonyl (C=O) groups is 1. The van der Waals surface area contributed by atoms with Gasteiger partial charge in [0.2, 0.25) is 10.0 Å². The lowest BCUT2D eigenvalue weighted by Crippen LogP contribution is -2.51. The number of alkyl halides is 3. The minimum atomic E-state index is -4.50. The fourth-order valence-electron chi connectivity index (χ4n) is 4.28. The Hall–Kier alpha value is -2.90. The van der Waals surface area contributed by atoms with Gasteiger partial charge in [0.1, 0.15) is 18.2 Å². The first-order valence-electron chi connectivity index (χ1n) is 13.1. The van der Waals surface area contributed by atoms with Crippen molar-refractivity contribution in [3.05, 3.63) is 53.6 Å². The molecule has 1 aromatic carbocycles. The van der Waals surface area contributed by atoms with Gasteiger partial charge in [-0.05, 0) is 49.3 Å². The lowest BCUT2D eigenvalue weighted by atomic mass is 9.99. The Morgan fingerprint density at radius 3 is 2.40 bits per heavy atom. The zero-order valence-electron chi connectivity index (χ0n) is 23.2. The molecule has 1 fully saturated rings. The highest BCUT2D eigenvalue weighted by atomic mass is 32.2. The maximum atomic E-state index is 13.5. The normalized spacial score (nSPS) is 18.6. The van der Waals surface area contributed by atoms with Crippen LogP contribution in [0.5, 0.6) is 0 Å². The van der Waals surface area contributed by atoms with Crippen molar-refractivity contribution in [2.45, 2.75) is 44.9 Å². The number of anilines is 2. The van der Waals surface area contributed by atoms with Crippen LogP contribution in [0.15, 0.2) is 42.5 Å². The van der Waals surface area contributed by atoms with E-state index in [4.69, 9.17) is 10.5 Å². The van der Waals surface area contributed by atoms with Crippen LogP contribution in [0.25, 0.3) is 0 Å². The molecule has 1 aliphatic carbocycles. The lowest BCUT2D eigenvalue weighted by molar-refractivity contribution is -0.175. The van der Waals surface area contributed by atoms with Gasteiger partial charge in [-0.3, -0.25) is 9.10 Å². The number of aromatic nitrogens is 1. The molecular formula is C27H38F3N5O4S. The van der Waals surface area contributed by atoms with Crippen molar-refractivity contribution in [3.63, 3.8) is 0 Å². The molecule has 222 valence electrons. The van der Waals surface area contributed by atoms with E-state index in [0.717, 1.165) is 16.3 Å². The number of rotatable bonds is 14. The van der Waals surface area contributed by atoms with Gasteiger partial charge in [-0.15, -0.1) is 0 Å². The van der Waals surface area contributed by atoms with Crippen LogP contribution in [0.4, 0.5) is 24.8 Å². The maximum absolute atomic E-state index is 13.5. The Labute approximate surface area is 233 Å². The summed E-state index contributed by atoms with van der Waals surface area (Å²) in [6, 6.07) is 10.3. The number of amides is 1. The second-order valence-corrected chi connectivity index (χ2v) is 12.6. The van der Waals surface area contributed by atoms with Gasteiger partial charge in [-0.25, -0.2) is 13.4 Å². The summed E-state index contributed by atoms with van der Waals surface area (Å²) >= 11 is 0. The monoisotopic (exact) mass is 585 g/mol. The van der Waals surface area contributed by atoms with E-state index in [-0.39, 0.29) is 23.6 Å². The summed E-state index contributed by atoms with van der Waals surface area (Å²) in [5, 5.41) is 2.83. The van der Waals surface area contributed by atoms with Crippen LogP contribution in [0.1, 0.15) is 36.2 Å². The summed E-state index contributed by atoms with van der Waals surface area (Å²) in [6.45, 7) is 2.48. The van der Waals surface area contributed by atoms with Crippen LogP contribution >= 0.6 is 0 Å². The summed E-state index contributed by atoms with van der Waals surface area (Å²) in [4.78, 5) is 19.9. The van der Waals surface area contributed by atoms with Crippen LogP contribution in [0, 0.1) is 11.8 Å². The first-order valence-corrected chi connectivity index (χ1v) is 14.8. The van der Waals surface area contributed by atoms with E-state index in [1.807, 2.05) is 42.3 Å². The molecule has 0 aliphatic heterocycles. The molecule has 13 heteroatoms. The zero-order valence-corrected chi connectivity index (χ0v) is 24.0. The molecule has 0 bridgehead atoms. The van der Waals surface area contributed by atoms with E-state index >= 15 is 0 Å². The summed E-state index contributed by atoms with van der Waals surface area (Å²) in [6.07, 6.45) is -3.18. The molecule has 1 aromatic heterocycles. The van der Waals surface area contributed by atoms with Gasteiger partial charge in [0, 0.05) is 32.2 Å². The second kappa shape index (κ2) is 13.2. The average molecular weight is 586 g/mol. The maximum Gasteiger partial charge on any atom is 0.411 e. The largest absolute Gasteiger partial charge is 0.411 e. The number of benzene rings is 1. The Morgan fingerprint density at radius 1 is 1.20 bits per heavy atom. The molecule has 1 aliphatic rings. The Bertz CT molecular complexity index is 1250. The highest BCUT2D eigenvalue weighted by Gasteiger charge is 2.34. The van der Waals surface area contributed by atoms with E-state index in [0.29, 0.717) is 24.2 Å². The Kier molecular flexibility index (Phi) is 10.4. The van der Waals surface area contributed by atoms with Crippen molar-refractivity contribution in [3.8, 4) is 0 Å². The van der Waals surface area contributed by atoms with Crippen molar-refractivity contribution >= 4 is 27.6 Å². The number of hydrogen-bond donors (Lipinski definition) is 2. The lowest BCUT2D eigenvalue weighted by Gasteiger charge is -2.27. The number of ether oxygens (including phenoxy) is 1. The van der Waals surface area contributed by atoms with Gasteiger partial charge >= 0.3 is 6.18 Å². The third-order valence-electron chi connectivity index (χ3n) is 7.05. The number of hydrogen-bond acceptors (Lipinski definition) is 7. The van der Waals surface area contributed by atoms with Gasteiger partial charge in [0.15, 0.2) is 0 Å². The second-order valence-electron chi connectivity index (χ2n) is 10.4. The predicted octanol–water partition coefficient (Wildman–Crippen LogP) is 3.21. The van der Waals surface area contributed by atoms with Crippen molar-refractivity contribution in [1.82, 2.24) is 10.3 Å². The molecule has 2 aromatic rings. The van der Waals surface area contributed by atoms with Gasteiger partial charge in [0.05, 0.1) is 18.4 Å².